The molecule has 0 spiro atoms. The maximum atomic E-state index is 3.51. The molecular formula is C26H48Cl2Si3Zr-2. The van der Waals surface area contributed by atoms with Crippen LogP contribution in [0.25, 0.3) is 0 Å². The fraction of sp³-hybridized carbons (Fsp3) is 0.692. The minimum absolute atomic E-state index is 0. The Morgan fingerprint density at radius 1 is 0.688 bits per heavy atom. The fourth-order valence-corrected chi connectivity index (χ4v) is 5.25. The van der Waals surface area contributed by atoms with Crippen LogP contribution in [0.1, 0.15) is 54.4 Å². The second-order valence-corrected chi connectivity index (χ2v) is 32.5. The van der Waals surface area contributed by atoms with Gasteiger partial charge in [-0.1, -0.05) is 80.8 Å². The summed E-state index contributed by atoms with van der Waals surface area (Å²) in [6, 6.07) is 0. The van der Waals surface area contributed by atoms with Gasteiger partial charge in [-0.2, -0.15) is 10.4 Å². The monoisotopic (exact) mass is 604 g/mol. The molecule has 0 radical (unpaired) electrons. The van der Waals surface area contributed by atoms with Crippen molar-refractivity contribution in [3.05, 3.63) is 45.8 Å². The molecule has 2 aliphatic carbocycles. The van der Waals surface area contributed by atoms with Crippen LogP contribution in [0.2, 0.25) is 52.4 Å². The molecule has 6 heteroatoms. The van der Waals surface area contributed by atoms with E-state index in [0.29, 0.717) is 0 Å². The molecular weight excluding hydrogens is 559 g/mol. The number of allylic oxidation sites excluding steroid dienone is 8. The van der Waals surface area contributed by atoms with Gasteiger partial charge in [0.25, 0.3) is 0 Å². The normalized spacial score (nSPS) is 16.0. The van der Waals surface area contributed by atoms with Crippen LogP contribution < -0.4 is 24.8 Å². The summed E-state index contributed by atoms with van der Waals surface area (Å²) in [5.41, 5.74) is 3.58. The molecule has 0 atom stereocenters. The van der Waals surface area contributed by atoms with Crippen LogP contribution in [0.15, 0.2) is 33.7 Å². The second-order valence-electron chi connectivity index (χ2n) is 12.9. The SMILES string of the molecule is CC(C)(C)C1=[C-]CC([Si](C)(C)C)=C1.CC(C)(C)C1=[C-]CC([Si](C)(C)C)=C1.C[Si](C)=[Zr+2].[Cl-].[Cl-]. The standard InChI is InChI=1S/2C12H21Si.C2H6Si.2ClH.Zr/c2*1-12(2,3)10-7-8-11(9-10)13(4,5)6;1-3-2;;;/h2*9H,8H2,1-6H3;1-2H3;2*1H;/q2*-1;;;;+2/p-2. The summed E-state index contributed by atoms with van der Waals surface area (Å²) >= 11 is 1.74. The Morgan fingerprint density at radius 2 is 0.906 bits per heavy atom. The van der Waals surface area contributed by atoms with E-state index in [2.05, 4.69) is 118 Å². The Bertz CT molecular complexity index is 671. The van der Waals surface area contributed by atoms with Gasteiger partial charge in [0.1, 0.15) is 0 Å². The maximum Gasteiger partial charge on any atom is -1.00 e. The summed E-state index contributed by atoms with van der Waals surface area (Å²) in [6.07, 6.45) is 14.0. The first kappa shape index (κ1) is 37.6. The van der Waals surface area contributed by atoms with E-state index in [4.69, 9.17) is 0 Å². The number of hydrogen-bond donors (Lipinski definition) is 0. The van der Waals surface area contributed by atoms with Gasteiger partial charge < -0.3 is 24.8 Å². The van der Waals surface area contributed by atoms with Crippen LogP contribution in [0.4, 0.5) is 0 Å². The van der Waals surface area contributed by atoms with Crippen molar-refractivity contribution < 1.29 is 48.1 Å². The Hall–Kier alpha value is 1.07. The van der Waals surface area contributed by atoms with Crippen LogP contribution in [-0.4, -0.2) is 21.6 Å². The zero-order chi connectivity index (χ0) is 24.1. The number of halogens is 2. The van der Waals surface area contributed by atoms with Gasteiger partial charge in [-0.25, -0.2) is 23.3 Å². The van der Waals surface area contributed by atoms with Crippen molar-refractivity contribution in [3.63, 3.8) is 0 Å². The first-order valence-electron chi connectivity index (χ1n) is 11.3. The van der Waals surface area contributed by atoms with E-state index < -0.39 is 16.1 Å². The van der Waals surface area contributed by atoms with Crippen molar-refractivity contribution in [3.8, 4) is 0 Å². The molecule has 0 saturated carbocycles. The third-order valence-corrected chi connectivity index (χ3v) is 9.61. The van der Waals surface area contributed by atoms with Crippen LogP contribution in [-0.2, 0) is 23.3 Å². The van der Waals surface area contributed by atoms with Gasteiger partial charge in [0.05, 0.1) is 16.1 Å². The van der Waals surface area contributed by atoms with E-state index in [0.717, 1.165) is 12.8 Å². The Labute approximate surface area is 231 Å². The Balaban J connectivity index is -0.000000428. The minimum atomic E-state index is -1.07. The van der Waals surface area contributed by atoms with E-state index in [1.165, 1.54) is 11.1 Å². The van der Waals surface area contributed by atoms with Gasteiger partial charge in [-0.3, -0.25) is 12.2 Å². The van der Waals surface area contributed by atoms with Gasteiger partial charge >= 0.3 is 41.9 Å². The van der Waals surface area contributed by atoms with Crippen molar-refractivity contribution in [2.75, 3.05) is 0 Å². The second kappa shape index (κ2) is 14.6. The summed E-state index contributed by atoms with van der Waals surface area (Å²) in [4.78, 5) is 0. The molecule has 0 bridgehead atoms. The first-order valence-corrected chi connectivity index (χ1v) is 24.5. The van der Waals surface area contributed by atoms with E-state index >= 15 is 0 Å². The third kappa shape index (κ3) is 15.1. The van der Waals surface area contributed by atoms with E-state index in [-0.39, 0.29) is 41.1 Å². The number of rotatable bonds is 2. The fourth-order valence-electron chi connectivity index (χ4n) is 2.86. The van der Waals surface area contributed by atoms with E-state index in [1.807, 2.05) is 0 Å². The topological polar surface area (TPSA) is 0 Å². The van der Waals surface area contributed by atoms with Gasteiger partial charge in [-0.05, 0) is 10.8 Å². The maximum absolute atomic E-state index is 3.51. The molecule has 0 heterocycles. The summed E-state index contributed by atoms with van der Waals surface area (Å²) in [7, 11) is -2.13. The summed E-state index contributed by atoms with van der Waals surface area (Å²) < 4.78 is 0. The predicted octanol–water partition coefficient (Wildman–Crippen LogP) is 2.73. The molecule has 2 rings (SSSR count). The molecule has 0 unspecified atom stereocenters. The van der Waals surface area contributed by atoms with Gasteiger partial charge in [0, 0.05) is 0 Å². The van der Waals surface area contributed by atoms with Crippen LogP contribution in [0, 0.1) is 23.0 Å². The zero-order valence-corrected chi connectivity index (χ0v) is 30.3. The van der Waals surface area contributed by atoms with Crippen LogP contribution >= 0.6 is 0 Å². The van der Waals surface area contributed by atoms with E-state index in [9.17, 15) is 0 Å². The summed E-state index contributed by atoms with van der Waals surface area (Å²) in [5, 5.41) is 3.30. The molecule has 0 amide bonds. The minimum Gasteiger partial charge on any atom is -1.00 e. The average molecular weight is 607 g/mol. The van der Waals surface area contributed by atoms with Crippen molar-refractivity contribution >= 4 is 21.6 Å². The molecule has 0 saturated heterocycles. The predicted molar refractivity (Wildman–Crippen MR) is 142 cm³/mol. The van der Waals surface area contributed by atoms with Crippen molar-refractivity contribution in [1.29, 1.82) is 0 Å². The molecule has 0 aromatic rings. The van der Waals surface area contributed by atoms with Crippen molar-refractivity contribution in [2.45, 2.75) is 107 Å². The van der Waals surface area contributed by atoms with Crippen LogP contribution in [0.5, 0.6) is 0 Å². The average Bonchev–Trinajstić information content (AvgIpc) is 3.15. The quantitative estimate of drug-likeness (QED) is 0.335. The van der Waals surface area contributed by atoms with Crippen molar-refractivity contribution in [2.24, 2.45) is 10.8 Å². The molecule has 0 N–H and O–H groups in total. The molecule has 0 nitrogen and oxygen atoms in total. The van der Waals surface area contributed by atoms with Gasteiger partial charge in [-0.15, -0.1) is 12.8 Å². The van der Waals surface area contributed by atoms with Gasteiger partial charge in [0.15, 0.2) is 0 Å². The van der Waals surface area contributed by atoms with Crippen molar-refractivity contribution in [1.82, 2.24) is 0 Å². The molecule has 2 aliphatic rings. The molecule has 0 aliphatic heterocycles. The Morgan fingerprint density at radius 3 is 1.00 bits per heavy atom. The first-order chi connectivity index (χ1) is 13.2. The number of hydrogen-bond acceptors (Lipinski definition) is 0. The molecule has 184 valence electrons. The largest absolute Gasteiger partial charge is 1.00 e. The smallest absolute Gasteiger partial charge is 1.00 e. The third-order valence-electron chi connectivity index (χ3n) is 5.12. The molecule has 0 fully saturated rings. The Kier molecular flexibility index (Phi) is 17.2. The zero-order valence-electron chi connectivity index (χ0n) is 23.3. The molecule has 0 aromatic heterocycles. The van der Waals surface area contributed by atoms with Crippen LogP contribution in [0.3, 0.4) is 0 Å². The van der Waals surface area contributed by atoms with Gasteiger partial charge in [0.2, 0.25) is 0 Å². The molecule has 32 heavy (non-hydrogen) atoms. The summed E-state index contributed by atoms with van der Waals surface area (Å²) in [5.74, 6) is 0. The molecule has 0 aromatic carbocycles. The van der Waals surface area contributed by atoms with E-state index in [1.54, 1.807) is 33.7 Å². The summed E-state index contributed by atoms with van der Waals surface area (Å²) in [6.45, 7) is 32.6.